The summed E-state index contributed by atoms with van der Waals surface area (Å²) in [5, 5.41) is 19.3. The van der Waals surface area contributed by atoms with Gasteiger partial charge in [-0.25, -0.2) is 0 Å². The van der Waals surface area contributed by atoms with Crippen molar-refractivity contribution < 1.29 is 5.11 Å². The van der Waals surface area contributed by atoms with Crippen molar-refractivity contribution in [3.05, 3.63) is 34.9 Å². The van der Waals surface area contributed by atoms with E-state index in [4.69, 9.17) is 0 Å². The Kier molecular flexibility index (Phi) is 4.83. The zero-order chi connectivity index (χ0) is 15.6. The van der Waals surface area contributed by atoms with E-state index in [-0.39, 0.29) is 0 Å². The molecule has 0 spiro atoms. The Labute approximate surface area is 126 Å². The van der Waals surface area contributed by atoms with E-state index in [0.717, 1.165) is 35.5 Å². The van der Waals surface area contributed by atoms with Gasteiger partial charge in [-0.3, -0.25) is 9.36 Å². The third-order valence-electron chi connectivity index (χ3n) is 3.77. The Hall–Kier alpha value is -1.62. The molecule has 2 aromatic rings. The maximum Gasteiger partial charge on any atom is 0.0853 e. The van der Waals surface area contributed by atoms with Gasteiger partial charge in [0.15, 0.2) is 0 Å². The lowest BCUT2D eigenvalue weighted by Gasteiger charge is -2.09. The fraction of sp³-hybridized carbons (Fsp3) is 0.625. The Balaban J connectivity index is 2.34. The van der Waals surface area contributed by atoms with Crippen LogP contribution in [0, 0.1) is 0 Å². The van der Waals surface area contributed by atoms with Crippen LogP contribution in [-0.4, -0.2) is 24.7 Å². The molecule has 1 N–H and O–H groups in total. The molecule has 2 heterocycles. The van der Waals surface area contributed by atoms with Gasteiger partial charge in [0.05, 0.1) is 24.0 Å². The lowest BCUT2D eigenvalue weighted by molar-refractivity contribution is 0.197. The SMILES string of the molecule is CCc1nn(Cc2ccn(C(C)C)n2)c(CC)c1C(C)O. The Bertz CT molecular complexity index is 595. The molecule has 2 rings (SSSR count). The summed E-state index contributed by atoms with van der Waals surface area (Å²) in [6.07, 6.45) is 3.22. The first-order valence-electron chi connectivity index (χ1n) is 7.78. The van der Waals surface area contributed by atoms with Gasteiger partial charge in [0.2, 0.25) is 0 Å². The van der Waals surface area contributed by atoms with Crippen LogP contribution in [0.1, 0.15) is 69.4 Å². The molecule has 5 nitrogen and oxygen atoms in total. The molecule has 0 aliphatic heterocycles. The zero-order valence-corrected chi connectivity index (χ0v) is 13.7. The molecule has 1 unspecified atom stereocenters. The van der Waals surface area contributed by atoms with Crippen LogP contribution in [0.3, 0.4) is 0 Å². The second kappa shape index (κ2) is 6.43. The Morgan fingerprint density at radius 2 is 1.86 bits per heavy atom. The molecule has 0 aliphatic rings. The Morgan fingerprint density at radius 1 is 1.14 bits per heavy atom. The number of nitrogens with zero attached hydrogens (tertiary/aromatic N) is 4. The fourth-order valence-corrected chi connectivity index (χ4v) is 2.72. The molecule has 116 valence electrons. The quantitative estimate of drug-likeness (QED) is 0.890. The van der Waals surface area contributed by atoms with Gasteiger partial charge in [-0.2, -0.15) is 10.2 Å². The van der Waals surface area contributed by atoms with Gasteiger partial charge in [0.25, 0.3) is 0 Å². The molecule has 0 bridgehead atoms. The maximum absolute atomic E-state index is 10.0. The Morgan fingerprint density at radius 3 is 2.33 bits per heavy atom. The van der Waals surface area contributed by atoms with Crippen molar-refractivity contribution in [2.24, 2.45) is 0 Å². The van der Waals surface area contributed by atoms with Crippen molar-refractivity contribution in [3.63, 3.8) is 0 Å². The number of aliphatic hydroxyl groups is 1. The van der Waals surface area contributed by atoms with E-state index in [9.17, 15) is 5.11 Å². The average molecular weight is 290 g/mol. The highest BCUT2D eigenvalue weighted by atomic mass is 16.3. The van der Waals surface area contributed by atoms with Gasteiger partial charge >= 0.3 is 0 Å². The van der Waals surface area contributed by atoms with Gasteiger partial charge < -0.3 is 5.11 Å². The van der Waals surface area contributed by atoms with Crippen LogP contribution in [-0.2, 0) is 19.4 Å². The molecule has 0 amide bonds. The average Bonchev–Trinajstić information content (AvgIpc) is 3.03. The van der Waals surface area contributed by atoms with Gasteiger partial charge in [-0.15, -0.1) is 0 Å². The number of aromatic nitrogens is 4. The van der Waals surface area contributed by atoms with Crippen molar-refractivity contribution in [3.8, 4) is 0 Å². The van der Waals surface area contributed by atoms with E-state index in [0.29, 0.717) is 12.6 Å². The summed E-state index contributed by atoms with van der Waals surface area (Å²) in [7, 11) is 0. The standard InChI is InChI=1S/C16H26N4O/c1-6-14-16(12(5)21)15(7-2)20(18-14)10-13-8-9-19(17-13)11(3)4/h8-9,11-12,21H,6-7,10H2,1-5H3. The summed E-state index contributed by atoms with van der Waals surface area (Å²) in [6.45, 7) is 10.9. The van der Waals surface area contributed by atoms with E-state index < -0.39 is 6.10 Å². The number of aryl methyl sites for hydroxylation is 1. The van der Waals surface area contributed by atoms with Crippen LogP contribution in [0.25, 0.3) is 0 Å². The predicted molar refractivity (Wildman–Crippen MR) is 83.3 cm³/mol. The van der Waals surface area contributed by atoms with Crippen LogP contribution in [0.4, 0.5) is 0 Å². The first-order valence-corrected chi connectivity index (χ1v) is 7.78. The molecule has 0 saturated heterocycles. The van der Waals surface area contributed by atoms with E-state index in [2.05, 4.69) is 37.9 Å². The smallest absolute Gasteiger partial charge is 0.0853 e. The first kappa shape index (κ1) is 15.8. The minimum absolute atomic E-state index is 0.362. The highest BCUT2D eigenvalue weighted by molar-refractivity contribution is 5.29. The molecule has 2 aromatic heterocycles. The van der Waals surface area contributed by atoms with E-state index in [1.54, 1.807) is 0 Å². The van der Waals surface area contributed by atoms with Crippen molar-refractivity contribution in [1.82, 2.24) is 19.6 Å². The zero-order valence-electron chi connectivity index (χ0n) is 13.7. The summed E-state index contributed by atoms with van der Waals surface area (Å²) in [6, 6.07) is 2.40. The van der Waals surface area contributed by atoms with Gasteiger partial charge in [0, 0.05) is 23.5 Å². The highest BCUT2D eigenvalue weighted by Gasteiger charge is 2.19. The van der Waals surface area contributed by atoms with Crippen molar-refractivity contribution >= 4 is 0 Å². The molecular formula is C16H26N4O. The number of hydrogen-bond acceptors (Lipinski definition) is 3. The summed E-state index contributed by atoms with van der Waals surface area (Å²) in [5.74, 6) is 0. The van der Waals surface area contributed by atoms with E-state index in [1.807, 2.05) is 28.6 Å². The summed E-state index contributed by atoms with van der Waals surface area (Å²) in [5.41, 5.74) is 4.09. The minimum Gasteiger partial charge on any atom is -0.389 e. The monoisotopic (exact) mass is 290 g/mol. The van der Waals surface area contributed by atoms with Crippen LogP contribution < -0.4 is 0 Å². The second-order valence-corrected chi connectivity index (χ2v) is 5.73. The highest BCUT2D eigenvalue weighted by Crippen LogP contribution is 2.24. The maximum atomic E-state index is 10.0. The summed E-state index contributed by atoms with van der Waals surface area (Å²) >= 11 is 0. The molecular weight excluding hydrogens is 264 g/mol. The molecule has 0 saturated carbocycles. The van der Waals surface area contributed by atoms with Crippen molar-refractivity contribution in [1.29, 1.82) is 0 Å². The number of aliphatic hydroxyl groups excluding tert-OH is 1. The molecule has 5 heteroatoms. The predicted octanol–water partition coefficient (Wildman–Crippen LogP) is 2.89. The van der Waals surface area contributed by atoms with Gasteiger partial charge in [0.1, 0.15) is 0 Å². The molecule has 21 heavy (non-hydrogen) atoms. The molecule has 0 radical (unpaired) electrons. The topological polar surface area (TPSA) is 55.9 Å². The van der Waals surface area contributed by atoms with Gasteiger partial charge in [-0.1, -0.05) is 13.8 Å². The molecule has 0 aliphatic carbocycles. The third kappa shape index (κ3) is 3.18. The summed E-state index contributed by atoms with van der Waals surface area (Å²) < 4.78 is 3.95. The van der Waals surface area contributed by atoms with Crippen molar-refractivity contribution in [2.45, 2.75) is 66.2 Å². The van der Waals surface area contributed by atoms with Gasteiger partial charge in [-0.05, 0) is 39.7 Å². The third-order valence-corrected chi connectivity index (χ3v) is 3.77. The number of rotatable bonds is 6. The van der Waals surface area contributed by atoms with Crippen LogP contribution in [0.5, 0.6) is 0 Å². The minimum atomic E-state index is -0.475. The van der Waals surface area contributed by atoms with Crippen LogP contribution in [0.2, 0.25) is 0 Å². The second-order valence-electron chi connectivity index (χ2n) is 5.73. The first-order chi connectivity index (χ1) is 9.97. The molecule has 0 fully saturated rings. The summed E-state index contributed by atoms with van der Waals surface area (Å²) in [4.78, 5) is 0. The lowest BCUT2D eigenvalue weighted by Crippen LogP contribution is -2.09. The normalized spacial score (nSPS) is 13.1. The van der Waals surface area contributed by atoms with Crippen LogP contribution in [0.15, 0.2) is 12.3 Å². The van der Waals surface area contributed by atoms with E-state index >= 15 is 0 Å². The fourth-order valence-electron chi connectivity index (χ4n) is 2.72. The largest absolute Gasteiger partial charge is 0.389 e. The molecule has 0 aromatic carbocycles. The van der Waals surface area contributed by atoms with Crippen LogP contribution >= 0.6 is 0 Å². The lowest BCUT2D eigenvalue weighted by atomic mass is 10.0. The van der Waals surface area contributed by atoms with E-state index in [1.165, 1.54) is 0 Å². The molecule has 1 atom stereocenters. The number of hydrogen-bond donors (Lipinski definition) is 1. The van der Waals surface area contributed by atoms with Crippen molar-refractivity contribution in [2.75, 3.05) is 0 Å².